The molecule has 13 heteroatoms. The Balaban J connectivity index is 0.971. The van der Waals surface area contributed by atoms with Gasteiger partial charge in [-0.25, -0.2) is 0 Å². The zero-order valence-electron chi connectivity index (χ0n) is 29.2. The molecule has 1 fully saturated rings. The number of piperazine rings is 1. The van der Waals surface area contributed by atoms with Crippen LogP contribution in [0.4, 0.5) is 32.0 Å². The van der Waals surface area contributed by atoms with Gasteiger partial charge in [-0.2, -0.15) is 26.3 Å². The summed E-state index contributed by atoms with van der Waals surface area (Å²) < 4.78 is 93.7. The summed E-state index contributed by atoms with van der Waals surface area (Å²) in [5, 5.41) is 4.18. The molecule has 1 saturated heterocycles. The number of rotatable bonds is 8. The van der Waals surface area contributed by atoms with Crippen LogP contribution in [0.15, 0.2) is 91.1 Å². The molecule has 0 unspecified atom stereocenters. The quantitative estimate of drug-likeness (QED) is 0.156. The van der Waals surface area contributed by atoms with Crippen LogP contribution in [-0.4, -0.2) is 71.2 Å². The Hall–Kier alpha value is -4.56. The number of halogens is 6. The maximum atomic E-state index is 15.7. The maximum absolute atomic E-state index is 15.7. The first-order valence-corrected chi connectivity index (χ1v) is 19.0. The average Bonchev–Trinajstić information content (AvgIpc) is 3.72. The number of nitrogens with zero attached hydrogens (tertiary/aromatic N) is 3. The van der Waals surface area contributed by atoms with Crippen molar-refractivity contribution in [3.63, 3.8) is 0 Å². The number of para-hydroxylation sites is 1. The molecule has 4 heterocycles. The lowest BCUT2D eigenvalue weighted by Gasteiger charge is -2.34. The van der Waals surface area contributed by atoms with Gasteiger partial charge < -0.3 is 5.32 Å². The highest BCUT2D eigenvalue weighted by atomic mass is 32.1. The number of alkyl halides is 6. The first kappa shape index (κ1) is 36.4. The van der Waals surface area contributed by atoms with Crippen molar-refractivity contribution in [1.29, 1.82) is 0 Å². The number of benzene rings is 3. The number of carbonyl (C=O) groups is 1. The Morgan fingerprint density at radius 3 is 2.22 bits per heavy atom. The van der Waals surface area contributed by atoms with E-state index < -0.39 is 28.9 Å². The van der Waals surface area contributed by atoms with Gasteiger partial charge in [0.1, 0.15) is 0 Å². The summed E-state index contributed by atoms with van der Waals surface area (Å²) in [5.74, 6) is -15.9. The highest BCUT2D eigenvalue weighted by Gasteiger charge is 2.80. The van der Waals surface area contributed by atoms with Crippen molar-refractivity contribution >= 4 is 66.4 Å². The van der Waals surface area contributed by atoms with Crippen LogP contribution in [0.2, 0.25) is 0 Å². The zero-order chi connectivity index (χ0) is 38.0. The molecule has 1 N–H and O–H groups in total. The molecule has 1 aliphatic heterocycles. The summed E-state index contributed by atoms with van der Waals surface area (Å²) in [7, 11) is 0. The van der Waals surface area contributed by atoms with E-state index in [1.54, 1.807) is 24.4 Å². The summed E-state index contributed by atoms with van der Waals surface area (Å²) in [6.45, 7) is 6.81. The molecular weight excluding hydrogens is 743 g/mol. The normalized spacial score (nSPS) is 18.5. The predicted molar refractivity (Wildman–Crippen MR) is 205 cm³/mol. The molecule has 0 bridgehead atoms. The fourth-order valence-electron chi connectivity index (χ4n) is 7.50. The number of carbonyl (C=O) groups excluding carboxylic acids is 1. The van der Waals surface area contributed by atoms with Gasteiger partial charge in [0.25, 0.3) is 0 Å². The van der Waals surface area contributed by atoms with Crippen molar-refractivity contribution in [2.24, 2.45) is 0 Å². The van der Waals surface area contributed by atoms with Gasteiger partial charge in [0.05, 0.1) is 17.7 Å². The minimum Gasteiger partial charge on any atom is -0.323 e. The minimum atomic E-state index is -5.62. The zero-order valence-corrected chi connectivity index (χ0v) is 30.9. The molecule has 3 aromatic carbocycles. The summed E-state index contributed by atoms with van der Waals surface area (Å²) >= 11 is 2.21. The third kappa shape index (κ3) is 6.11. The molecule has 1 amide bonds. The predicted octanol–water partition coefficient (Wildman–Crippen LogP) is 10.4. The number of allylic oxidation sites excluding steroid dienone is 2. The third-order valence-corrected chi connectivity index (χ3v) is 12.4. The van der Waals surface area contributed by atoms with E-state index in [9.17, 15) is 4.79 Å². The van der Waals surface area contributed by atoms with Gasteiger partial charge in [0, 0.05) is 85.7 Å². The number of aromatic nitrogens is 1. The van der Waals surface area contributed by atoms with Gasteiger partial charge in [0.15, 0.2) is 0 Å². The smallest absolute Gasteiger partial charge is 0.323 e. The molecule has 8 rings (SSSR count). The molecule has 3 aromatic heterocycles. The molecule has 278 valence electrons. The van der Waals surface area contributed by atoms with Gasteiger partial charge in [-0.1, -0.05) is 60.7 Å². The third-order valence-electron chi connectivity index (χ3n) is 10.3. The van der Waals surface area contributed by atoms with Crippen molar-refractivity contribution in [3.05, 3.63) is 118 Å². The average molecular weight is 777 g/mol. The molecule has 6 aromatic rings. The van der Waals surface area contributed by atoms with Crippen LogP contribution in [0, 0.1) is 13.8 Å². The van der Waals surface area contributed by atoms with Gasteiger partial charge in [-0.3, -0.25) is 19.6 Å². The van der Waals surface area contributed by atoms with Crippen molar-refractivity contribution in [2.75, 3.05) is 38.0 Å². The molecule has 5 nitrogen and oxygen atoms in total. The van der Waals surface area contributed by atoms with Gasteiger partial charge in [-0.15, -0.1) is 22.7 Å². The van der Waals surface area contributed by atoms with Crippen molar-refractivity contribution in [1.82, 2.24) is 14.8 Å². The Kier molecular flexibility index (Phi) is 9.19. The molecule has 0 atom stereocenters. The standard InChI is InChI=1S/C41H34F6N4OS2/c1-24-30(36-37(40(44,45)41(46,47)39(36,42)43)35-25(2)54-32-11-4-3-9-29(32)35)21-33(53-24)27-14-12-26(13-15-27)22-50-17-19-51(20-18-50)23-34(52)49-31-10-5-7-28-8-6-16-48-38(28)31/h3-16,21H,17-20,22-23H2,1-2H3,(H,49,52). The highest BCUT2D eigenvalue weighted by molar-refractivity contribution is 7.19. The second kappa shape index (κ2) is 13.6. The Bertz CT molecular complexity index is 2420. The molecule has 1 aliphatic carbocycles. The van der Waals surface area contributed by atoms with E-state index in [1.807, 2.05) is 54.6 Å². The van der Waals surface area contributed by atoms with E-state index in [0.29, 0.717) is 40.5 Å². The van der Waals surface area contributed by atoms with E-state index in [0.717, 1.165) is 52.2 Å². The number of aryl methyl sites for hydroxylation is 2. The van der Waals surface area contributed by atoms with E-state index in [2.05, 4.69) is 20.1 Å². The highest BCUT2D eigenvalue weighted by Crippen LogP contribution is 2.66. The molecular formula is C41H34F6N4OS2. The fraction of sp³-hybridized carbons (Fsp3) is 0.268. The number of anilines is 1. The van der Waals surface area contributed by atoms with Gasteiger partial charge >= 0.3 is 17.8 Å². The fourth-order valence-corrected chi connectivity index (χ4v) is 9.60. The lowest BCUT2D eigenvalue weighted by molar-refractivity contribution is -0.254. The van der Waals surface area contributed by atoms with Crippen molar-refractivity contribution < 1.29 is 31.1 Å². The number of pyridine rings is 1. The van der Waals surface area contributed by atoms with E-state index in [1.165, 1.54) is 26.0 Å². The Morgan fingerprint density at radius 1 is 0.778 bits per heavy atom. The number of amides is 1. The second-order valence-corrected chi connectivity index (χ2v) is 16.3. The lowest BCUT2D eigenvalue weighted by Crippen LogP contribution is -2.48. The summed E-state index contributed by atoms with van der Waals surface area (Å²) in [6.07, 6.45) is 1.70. The van der Waals surface area contributed by atoms with Crippen LogP contribution < -0.4 is 5.32 Å². The van der Waals surface area contributed by atoms with E-state index in [4.69, 9.17) is 0 Å². The first-order valence-electron chi connectivity index (χ1n) is 17.4. The molecule has 54 heavy (non-hydrogen) atoms. The lowest BCUT2D eigenvalue weighted by atomic mass is 9.93. The minimum absolute atomic E-state index is 0.106. The monoisotopic (exact) mass is 776 g/mol. The van der Waals surface area contributed by atoms with Crippen LogP contribution in [0.5, 0.6) is 0 Å². The number of nitrogens with one attached hydrogen (secondary N) is 1. The summed E-state index contributed by atoms with van der Waals surface area (Å²) in [5.41, 5.74) is -0.0907. The van der Waals surface area contributed by atoms with Crippen molar-refractivity contribution in [2.45, 2.75) is 38.2 Å². The Labute approximate surface area is 315 Å². The summed E-state index contributed by atoms with van der Waals surface area (Å²) in [4.78, 5) is 22.7. The number of thiophene rings is 2. The van der Waals surface area contributed by atoms with Crippen LogP contribution in [-0.2, 0) is 11.3 Å². The largest absolute Gasteiger partial charge is 0.380 e. The number of hydrogen-bond acceptors (Lipinski definition) is 6. The number of hydrogen-bond donors (Lipinski definition) is 1. The van der Waals surface area contributed by atoms with Crippen LogP contribution in [0.1, 0.15) is 26.4 Å². The Morgan fingerprint density at radius 2 is 1.46 bits per heavy atom. The van der Waals surface area contributed by atoms with Gasteiger partial charge in [0.2, 0.25) is 5.91 Å². The van der Waals surface area contributed by atoms with Crippen LogP contribution in [0.3, 0.4) is 0 Å². The molecule has 0 saturated carbocycles. The topological polar surface area (TPSA) is 48.5 Å². The second-order valence-electron chi connectivity index (χ2n) is 13.8. The molecule has 2 aliphatic rings. The van der Waals surface area contributed by atoms with Crippen LogP contribution >= 0.6 is 22.7 Å². The number of fused-ring (bicyclic) bond motifs is 2. The van der Waals surface area contributed by atoms with E-state index in [-0.39, 0.29) is 38.7 Å². The van der Waals surface area contributed by atoms with Crippen LogP contribution in [0.25, 0.3) is 42.6 Å². The molecule has 0 spiro atoms. The molecule has 0 radical (unpaired) electrons. The van der Waals surface area contributed by atoms with E-state index >= 15 is 26.3 Å². The maximum Gasteiger partial charge on any atom is 0.380 e. The summed E-state index contributed by atoms with van der Waals surface area (Å²) in [6, 6.07) is 24.7. The van der Waals surface area contributed by atoms with Gasteiger partial charge in [-0.05, 0) is 54.8 Å². The van der Waals surface area contributed by atoms with Crippen molar-refractivity contribution in [3.8, 4) is 10.4 Å². The first-order chi connectivity index (χ1) is 25.8. The SMILES string of the molecule is Cc1sc(-c2ccc(CN3CCN(CC(=O)Nc4cccc5cccnc45)CC3)cc2)cc1C1=C(c2c(C)sc3ccccc23)C(F)(F)C(F)(F)C1(F)F.